The summed E-state index contributed by atoms with van der Waals surface area (Å²) in [4.78, 5) is 13.7. The summed E-state index contributed by atoms with van der Waals surface area (Å²) < 4.78 is 0. The second kappa shape index (κ2) is 2.92. The first-order chi connectivity index (χ1) is 6.22. The van der Waals surface area contributed by atoms with E-state index in [-0.39, 0.29) is 11.8 Å². The van der Waals surface area contributed by atoms with E-state index in [1.165, 1.54) is 4.90 Å². The van der Waals surface area contributed by atoms with Gasteiger partial charge in [-0.2, -0.15) is 0 Å². The summed E-state index contributed by atoms with van der Waals surface area (Å²) in [5.74, 6) is -0.0857. The number of thiocarbonyl (C=S) groups is 1. The van der Waals surface area contributed by atoms with Crippen LogP contribution in [0.2, 0.25) is 0 Å². The average molecular weight is 191 g/mol. The summed E-state index contributed by atoms with van der Waals surface area (Å²) >= 11 is 5.09. The molecule has 1 aromatic carbocycles. The Balaban J connectivity index is 2.30. The molecule has 1 aliphatic rings. The molecule has 0 saturated carbocycles. The molecule has 13 heavy (non-hydrogen) atoms. The third-order valence-electron chi connectivity index (χ3n) is 2.29. The van der Waals surface area contributed by atoms with Crippen molar-refractivity contribution in [2.75, 3.05) is 7.05 Å². The van der Waals surface area contributed by atoms with Crippen LogP contribution in [-0.4, -0.2) is 22.8 Å². The number of nitrogens with zero attached hydrogens (tertiary/aromatic N) is 1. The number of amides is 1. The summed E-state index contributed by atoms with van der Waals surface area (Å²) in [5.41, 5.74) is 0.996. The molecule has 0 aliphatic carbocycles. The molecular weight excluding hydrogens is 182 g/mol. The second-order valence-corrected chi connectivity index (χ2v) is 3.50. The Morgan fingerprint density at radius 1 is 1.31 bits per heavy atom. The van der Waals surface area contributed by atoms with E-state index < -0.39 is 0 Å². The van der Waals surface area contributed by atoms with Crippen molar-refractivity contribution in [2.45, 2.75) is 5.92 Å². The number of likely N-dealkylation sites (N-methyl/N-ethyl adjacent to an activating group) is 1. The van der Waals surface area contributed by atoms with Crippen LogP contribution in [0.15, 0.2) is 30.3 Å². The van der Waals surface area contributed by atoms with E-state index in [2.05, 4.69) is 0 Å². The molecule has 1 aromatic rings. The number of rotatable bonds is 1. The maximum Gasteiger partial charge on any atom is 0.241 e. The van der Waals surface area contributed by atoms with Crippen molar-refractivity contribution in [3.05, 3.63) is 35.9 Å². The topological polar surface area (TPSA) is 20.3 Å². The van der Waals surface area contributed by atoms with Gasteiger partial charge in [0, 0.05) is 7.05 Å². The minimum absolute atomic E-state index is 0.0937. The molecule has 1 unspecified atom stereocenters. The highest BCUT2D eigenvalue weighted by molar-refractivity contribution is 7.80. The van der Waals surface area contributed by atoms with Crippen LogP contribution in [0.4, 0.5) is 0 Å². The summed E-state index contributed by atoms with van der Waals surface area (Å²) in [6, 6.07) is 9.64. The van der Waals surface area contributed by atoms with Crippen molar-refractivity contribution in [2.24, 2.45) is 0 Å². The van der Waals surface area contributed by atoms with Gasteiger partial charge in [0.2, 0.25) is 5.91 Å². The highest BCUT2D eigenvalue weighted by atomic mass is 32.1. The van der Waals surface area contributed by atoms with Gasteiger partial charge in [-0.05, 0) is 5.56 Å². The molecule has 1 fully saturated rings. The molecule has 2 nitrogen and oxygen atoms in total. The normalized spacial score (nSPS) is 21.6. The van der Waals surface area contributed by atoms with Gasteiger partial charge in [-0.1, -0.05) is 42.5 Å². The predicted molar refractivity (Wildman–Crippen MR) is 54.6 cm³/mol. The molecule has 1 amide bonds. The van der Waals surface area contributed by atoms with Gasteiger partial charge >= 0.3 is 0 Å². The number of hydrogen-bond acceptors (Lipinski definition) is 2. The number of carbonyl (C=O) groups excluding carboxylic acids is 1. The van der Waals surface area contributed by atoms with Gasteiger partial charge < -0.3 is 4.90 Å². The van der Waals surface area contributed by atoms with Gasteiger partial charge in [-0.3, -0.25) is 4.79 Å². The Labute approximate surface area is 82.2 Å². The first-order valence-electron chi connectivity index (χ1n) is 4.08. The molecule has 3 heteroatoms. The Kier molecular flexibility index (Phi) is 1.88. The lowest BCUT2D eigenvalue weighted by Gasteiger charge is -2.36. The summed E-state index contributed by atoms with van der Waals surface area (Å²) in [6.45, 7) is 0. The number of carbonyl (C=O) groups is 1. The monoisotopic (exact) mass is 191 g/mol. The second-order valence-electron chi connectivity index (χ2n) is 3.08. The lowest BCUT2D eigenvalue weighted by atomic mass is 9.91. The van der Waals surface area contributed by atoms with Crippen LogP contribution in [0.3, 0.4) is 0 Å². The van der Waals surface area contributed by atoms with Crippen molar-refractivity contribution >= 4 is 23.1 Å². The molecule has 1 heterocycles. The molecule has 0 radical (unpaired) electrons. The minimum Gasteiger partial charge on any atom is -0.308 e. The van der Waals surface area contributed by atoms with E-state index in [0.29, 0.717) is 0 Å². The zero-order valence-electron chi connectivity index (χ0n) is 7.23. The summed E-state index contributed by atoms with van der Waals surface area (Å²) in [7, 11) is 1.71. The van der Waals surface area contributed by atoms with Crippen molar-refractivity contribution in [3.63, 3.8) is 0 Å². The van der Waals surface area contributed by atoms with Gasteiger partial charge in [0.15, 0.2) is 0 Å². The smallest absolute Gasteiger partial charge is 0.241 e. The minimum atomic E-state index is -0.179. The SMILES string of the molecule is CN1C(=O)C(c2ccccc2)C1=S. The lowest BCUT2D eigenvalue weighted by molar-refractivity contribution is -0.130. The van der Waals surface area contributed by atoms with Gasteiger partial charge in [0.25, 0.3) is 0 Å². The molecule has 0 N–H and O–H groups in total. The van der Waals surface area contributed by atoms with Crippen LogP contribution in [0, 0.1) is 0 Å². The van der Waals surface area contributed by atoms with Gasteiger partial charge in [-0.15, -0.1) is 0 Å². The highest BCUT2D eigenvalue weighted by Gasteiger charge is 2.40. The average Bonchev–Trinajstić information content (AvgIpc) is 2.19. The molecule has 0 spiro atoms. The van der Waals surface area contributed by atoms with Crippen LogP contribution in [0.5, 0.6) is 0 Å². The van der Waals surface area contributed by atoms with Crippen molar-refractivity contribution in [3.8, 4) is 0 Å². The number of likely N-dealkylation sites (tertiary alicyclic amines) is 1. The Morgan fingerprint density at radius 2 is 1.92 bits per heavy atom. The summed E-state index contributed by atoms with van der Waals surface area (Å²) in [5, 5.41) is 0. The fraction of sp³-hybridized carbons (Fsp3) is 0.200. The van der Waals surface area contributed by atoms with E-state index >= 15 is 0 Å². The predicted octanol–water partition coefficient (Wildman–Crippen LogP) is 1.57. The number of benzene rings is 1. The fourth-order valence-electron chi connectivity index (χ4n) is 1.47. The van der Waals surface area contributed by atoms with Crippen LogP contribution in [-0.2, 0) is 4.79 Å². The van der Waals surface area contributed by atoms with Crippen molar-refractivity contribution < 1.29 is 4.79 Å². The molecule has 1 atom stereocenters. The largest absolute Gasteiger partial charge is 0.308 e. The van der Waals surface area contributed by atoms with Crippen LogP contribution in [0.1, 0.15) is 11.5 Å². The molecule has 1 saturated heterocycles. The molecule has 2 rings (SSSR count). The molecule has 1 aliphatic heterocycles. The van der Waals surface area contributed by atoms with Crippen LogP contribution in [0.25, 0.3) is 0 Å². The Morgan fingerprint density at radius 3 is 2.46 bits per heavy atom. The number of hydrogen-bond donors (Lipinski definition) is 0. The van der Waals surface area contributed by atoms with E-state index in [0.717, 1.165) is 10.6 Å². The zero-order valence-corrected chi connectivity index (χ0v) is 8.04. The fourth-order valence-corrected chi connectivity index (χ4v) is 1.79. The first kappa shape index (κ1) is 8.38. The lowest BCUT2D eigenvalue weighted by Crippen LogP contribution is -2.52. The third-order valence-corrected chi connectivity index (χ3v) is 2.80. The molecular formula is C10H9NOS. The van der Waals surface area contributed by atoms with Gasteiger partial charge in [0.1, 0.15) is 10.9 Å². The third kappa shape index (κ3) is 1.16. The van der Waals surface area contributed by atoms with E-state index in [1.54, 1.807) is 7.05 Å². The quantitative estimate of drug-likeness (QED) is 0.496. The van der Waals surface area contributed by atoms with Crippen LogP contribution < -0.4 is 0 Å². The maximum atomic E-state index is 11.4. The Hall–Kier alpha value is -1.22. The molecule has 0 aromatic heterocycles. The highest BCUT2D eigenvalue weighted by Crippen LogP contribution is 2.29. The van der Waals surface area contributed by atoms with Crippen LogP contribution >= 0.6 is 12.2 Å². The summed E-state index contributed by atoms with van der Waals surface area (Å²) in [6.07, 6.45) is 0. The van der Waals surface area contributed by atoms with E-state index in [4.69, 9.17) is 12.2 Å². The van der Waals surface area contributed by atoms with E-state index in [1.807, 2.05) is 30.3 Å². The first-order valence-corrected chi connectivity index (χ1v) is 4.49. The standard InChI is InChI=1S/C10H9NOS/c1-11-9(12)8(10(11)13)7-5-3-2-4-6-7/h2-6,8H,1H3. The number of β-lactam (4-membered cyclic amide) rings is 1. The van der Waals surface area contributed by atoms with Crippen molar-refractivity contribution in [1.29, 1.82) is 0 Å². The molecule has 0 bridgehead atoms. The van der Waals surface area contributed by atoms with Gasteiger partial charge in [0.05, 0.1) is 0 Å². The Bertz CT molecular complexity index is 344. The maximum absolute atomic E-state index is 11.4. The van der Waals surface area contributed by atoms with Gasteiger partial charge in [-0.25, -0.2) is 0 Å². The molecule has 66 valence electrons. The van der Waals surface area contributed by atoms with Crippen molar-refractivity contribution in [1.82, 2.24) is 4.90 Å². The zero-order chi connectivity index (χ0) is 9.42. The van der Waals surface area contributed by atoms with E-state index in [9.17, 15) is 4.79 Å².